The Balaban J connectivity index is 2.07. The SMILES string of the molecule is NC[C@H]1O[C@@H](O[C@@H]2O[C@H](CN)[C@@H](O)[C@H](O)[C@H]2N)[C@H](N)[C@@H](O)[C@@H]1O. The zero-order valence-electron chi connectivity index (χ0n) is 12.5. The second-order valence-corrected chi connectivity index (χ2v) is 5.81. The van der Waals surface area contributed by atoms with Crippen LogP contribution >= 0.6 is 0 Å². The first-order valence-corrected chi connectivity index (χ1v) is 7.41. The highest BCUT2D eigenvalue weighted by molar-refractivity contribution is 4.95. The van der Waals surface area contributed by atoms with Crippen LogP contribution in [0.3, 0.4) is 0 Å². The smallest absolute Gasteiger partial charge is 0.178 e. The number of aliphatic hydroxyl groups is 4. The van der Waals surface area contributed by atoms with E-state index in [1.54, 1.807) is 0 Å². The molecule has 136 valence electrons. The lowest BCUT2D eigenvalue weighted by Gasteiger charge is -2.45. The highest BCUT2D eigenvalue weighted by atomic mass is 16.8. The van der Waals surface area contributed by atoms with Gasteiger partial charge in [-0.3, -0.25) is 0 Å². The predicted molar refractivity (Wildman–Crippen MR) is 76.5 cm³/mol. The molecular weight excluding hydrogens is 312 g/mol. The van der Waals surface area contributed by atoms with Crippen LogP contribution in [0, 0.1) is 0 Å². The minimum Gasteiger partial charge on any atom is -0.388 e. The lowest BCUT2D eigenvalue weighted by Crippen LogP contribution is -2.67. The van der Waals surface area contributed by atoms with Crippen LogP contribution in [0.25, 0.3) is 0 Å². The van der Waals surface area contributed by atoms with Crippen LogP contribution in [-0.2, 0) is 14.2 Å². The molecule has 0 aromatic rings. The zero-order chi connectivity index (χ0) is 17.3. The van der Waals surface area contributed by atoms with Gasteiger partial charge in [-0.2, -0.15) is 0 Å². The van der Waals surface area contributed by atoms with E-state index < -0.39 is 61.3 Å². The molecule has 2 saturated heterocycles. The summed E-state index contributed by atoms with van der Waals surface area (Å²) in [7, 11) is 0. The van der Waals surface area contributed by atoms with Crippen LogP contribution in [0.5, 0.6) is 0 Å². The standard InChI is InChI=1S/C12H26N4O7/c13-1-3-7(17)9(19)5(15)11(21-3)23-12-6(16)10(20)8(18)4(2-14)22-12/h3-12,17-20H,1-2,13-16H2/t3-,4-,5-,6-,7-,8-,9-,10-,11+,12+/m1/s1. The first-order valence-electron chi connectivity index (χ1n) is 7.41. The maximum atomic E-state index is 9.93. The summed E-state index contributed by atoms with van der Waals surface area (Å²) in [5.41, 5.74) is 22.5. The molecule has 0 aromatic heterocycles. The molecule has 2 fully saturated rings. The Morgan fingerprint density at radius 3 is 1.35 bits per heavy atom. The molecule has 2 aliphatic rings. The molecule has 0 aliphatic carbocycles. The van der Waals surface area contributed by atoms with Gasteiger partial charge < -0.3 is 57.6 Å². The zero-order valence-corrected chi connectivity index (χ0v) is 12.5. The van der Waals surface area contributed by atoms with E-state index in [0.29, 0.717) is 0 Å². The Kier molecular flexibility index (Phi) is 6.27. The Labute approximate surface area is 133 Å². The minimum atomic E-state index is -1.32. The lowest BCUT2D eigenvalue weighted by molar-refractivity contribution is -0.337. The van der Waals surface area contributed by atoms with Crippen LogP contribution in [0.1, 0.15) is 0 Å². The van der Waals surface area contributed by atoms with Crippen LogP contribution < -0.4 is 22.9 Å². The summed E-state index contributed by atoms with van der Waals surface area (Å²) in [6.07, 6.45) is -9.23. The van der Waals surface area contributed by atoms with Crippen LogP contribution in [0.2, 0.25) is 0 Å². The second kappa shape index (κ2) is 7.63. The van der Waals surface area contributed by atoms with Crippen LogP contribution in [0.15, 0.2) is 0 Å². The summed E-state index contributed by atoms with van der Waals surface area (Å²) >= 11 is 0. The number of hydrogen-bond donors (Lipinski definition) is 8. The molecule has 2 heterocycles. The van der Waals surface area contributed by atoms with Crippen molar-refractivity contribution >= 4 is 0 Å². The monoisotopic (exact) mass is 338 g/mol. The summed E-state index contributed by atoms with van der Waals surface area (Å²) in [6, 6.07) is -2.16. The summed E-state index contributed by atoms with van der Waals surface area (Å²) in [4.78, 5) is 0. The summed E-state index contributed by atoms with van der Waals surface area (Å²) in [5, 5.41) is 39.5. The average molecular weight is 338 g/mol. The van der Waals surface area contributed by atoms with Crippen molar-refractivity contribution < 1.29 is 34.6 Å². The van der Waals surface area contributed by atoms with E-state index in [4.69, 9.17) is 37.1 Å². The number of aliphatic hydroxyl groups excluding tert-OH is 4. The van der Waals surface area contributed by atoms with Gasteiger partial charge in [0.05, 0.1) is 12.1 Å². The van der Waals surface area contributed by atoms with Gasteiger partial charge in [-0.15, -0.1) is 0 Å². The first-order chi connectivity index (χ1) is 10.8. The largest absolute Gasteiger partial charge is 0.388 e. The summed E-state index contributed by atoms with van der Waals surface area (Å²) < 4.78 is 16.3. The maximum absolute atomic E-state index is 9.93. The van der Waals surface area contributed by atoms with E-state index in [2.05, 4.69) is 0 Å². The van der Waals surface area contributed by atoms with Gasteiger partial charge >= 0.3 is 0 Å². The van der Waals surface area contributed by atoms with Gasteiger partial charge in [0, 0.05) is 13.1 Å². The van der Waals surface area contributed by atoms with Crippen molar-refractivity contribution in [2.75, 3.05) is 13.1 Å². The molecule has 23 heavy (non-hydrogen) atoms. The second-order valence-electron chi connectivity index (χ2n) is 5.81. The fourth-order valence-corrected chi connectivity index (χ4v) is 2.67. The molecule has 0 amide bonds. The molecule has 0 bridgehead atoms. The Bertz CT molecular complexity index is 354. The molecule has 2 rings (SSSR count). The van der Waals surface area contributed by atoms with Crippen molar-refractivity contribution in [2.45, 2.75) is 61.3 Å². The van der Waals surface area contributed by atoms with E-state index in [1.165, 1.54) is 0 Å². The van der Waals surface area contributed by atoms with Crippen molar-refractivity contribution in [1.82, 2.24) is 0 Å². The van der Waals surface area contributed by atoms with Gasteiger partial charge in [-0.05, 0) is 0 Å². The van der Waals surface area contributed by atoms with Crippen molar-refractivity contribution in [3.8, 4) is 0 Å². The summed E-state index contributed by atoms with van der Waals surface area (Å²) in [6.45, 7) is -0.121. The van der Waals surface area contributed by atoms with Crippen molar-refractivity contribution in [1.29, 1.82) is 0 Å². The van der Waals surface area contributed by atoms with E-state index in [1.807, 2.05) is 0 Å². The molecule has 12 N–H and O–H groups in total. The Hall–Kier alpha value is -0.440. The Morgan fingerprint density at radius 1 is 0.696 bits per heavy atom. The number of rotatable bonds is 4. The molecule has 0 radical (unpaired) electrons. The average Bonchev–Trinajstić information content (AvgIpc) is 2.55. The molecule has 11 heteroatoms. The predicted octanol–water partition coefficient (Wildman–Crippen LogP) is -5.53. The van der Waals surface area contributed by atoms with Crippen molar-refractivity contribution in [3.05, 3.63) is 0 Å². The van der Waals surface area contributed by atoms with Gasteiger partial charge in [-0.1, -0.05) is 0 Å². The number of nitrogens with two attached hydrogens (primary N) is 4. The quantitative estimate of drug-likeness (QED) is 0.242. The molecule has 0 aromatic carbocycles. The van der Waals surface area contributed by atoms with Crippen LogP contribution in [-0.4, -0.2) is 94.8 Å². The third-order valence-electron chi connectivity index (χ3n) is 4.23. The molecule has 11 nitrogen and oxygen atoms in total. The van der Waals surface area contributed by atoms with Gasteiger partial charge in [0.1, 0.15) is 36.6 Å². The molecule has 0 unspecified atom stereocenters. The van der Waals surface area contributed by atoms with E-state index in [9.17, 15) is 20.4 Å². The molecule has 0 saturated carbocycles. The highest BCUT2D eigenvalue weighted by Crippen LogP contribution is 2.26. The molecule has 10 atom stereocenters. The molecule has 2 aliphatic heterocycles. The van der Waals surface area contributed by atoms with Crippen molar-refractivity contribution in [3.63, 3.8) is 0 Å². The lowest BCUT2D eigenvalue weighted by atomic mass is 9.96. The summed E-state index contributed by atoms with van der Waals surface area (Å²) in [5.74, 6) is 0. The first kappa shape index (κ1) is 18.9. The van der Waals surface area contributed by atoms with Gasteiger partial charge in [0.25, 0.3) is 0 Å². The number of hydrogen-bond acceptors (Lipinski definition) is 11. The van der Waals surface area contributed by atoms with E-state index >= 15 is 0 Å². The minimum absolute atomic E-state index is 0.0604. The maximum Gasteiger partial charge on any atom is 0.178 e. The third kappa shape index (κ3) is 3.65. The fraction of sp³-hybridized carbons (Fsp3) is 1.00. The molecular formula is C12H26N4O7. The van der Waals surface area contributed by atoms with Gasteiger partial charge in [0.15, 0.2) is 12.6 Å². The third-order valence-corrected chi connectivity index (χ3v) is 4.23. The van der Waals surface area contributed by atoms with Crippen molar-refractivity contribution in [2.24, 2.45) is 22.9 Å². The van der Waals surface area contributed by atoms with Gasteiger partial charge in [-0.25, -0.2) is 0 Å². The van der Waals surface area contributed by atoms with Crippen LogP contribution in [0.4, 0.5) is 0 Å². The Morgan fingerprint density at radius 2 is 1.04 bits per heavy atom. The molecule has 0 spiro atoms. The number of ether oxygens (including phenoxy) is 3. The fourth-order valence-electron chi connectivity index (χ4n) is 2.67. The topological polar surface area (TPSA) is 213 Å². The normalized spacial score (nSPS) is 51.7. The van der Waals surface area contributed by atoms with E-state index in [0.717, 1.165) is 0 Å². The van der Waals surface area contributed by atoms with Gasteiger partial charge in [0.2, 0.25) is 0 Å². The van der Waals surface area contributed by atoms with E-state index in [-0.39, 0.29) is 13.1 Å². The highest BCUT2D eigenvalue weighted by Gasteiger charge is 2.48.